The van der Waals surface area contributed by atoms with Gasteiger partial charge in [-0.05, 0) is 66.2 Å². The summed E-state index contributed by atoms with van der Waals surface area (Å²) in [5, 5.41) is 0. The molecule has 1 saturated heterocycles. The average molecular weight is 512 g/mol. The molecular formula is C24H15F7N2O3. The number of anilines is 1. The second-order valence-electron chi connectivity index (χ2n) is 7.59. The maximum Gasteiger partial charge on any atom is 0.573 e. The van der Waals surface area contributed by atoms with E-state index in [1.54, 1.807) is 0 Å². The first-order chi connectivity index (χ1) is 16.9. The van der Waals surface area contributed by atoms with Crippen molar-refractivity contribution in [2.45, 2.75) is 25.2 Å². The summed E-state index contributed by atoms with van der Waals surface area (Å²) in [6.45, 7) is 0. The standard InChI is InChI=1S/C24H15F7N2O3/c25-15-3-1-14(2-4-15)21-13-20(32-16-5-9-18(10-6-16)35-23(26,27)28)22(34)33(21)17-7-11-19(12-8-17)36-24(29,30)31/h1-12,21H,13H2. The zero-order valence-electron chi connectivity index (χ0n) is 18.0. The third kappa shape index (κ3) is 6.12. The van der Waals surface area contributed by atoms with Crippen LogP contribution in [0.25, 0.3) is 0 Å². The van der Waals surface area contributed by atoms with Gasteiger partial charge in [0.15, 0.2) is 0 Å². The van der Waals surface area contributed by atoms with E-state index in [-0.39, 0.29) is 23.5 Å². The van der Waals surface area contributed by atoms with Gasteiger partial charge < -0.3 is 9.47 Å². The van der Waals surface area contributed by atoms with E-state index >= 15 is 0 Å². The first kappa shape index (κ1) is 25.0. The number of halogens is 7. The number of nitrogens with zero attached hydrogens (tertiary/aromatic N) is 2. The van der Waals surface area contributed by atoms with Crippen molar-refractivity contribution in [3.8, 4) is 11.5 Å². The van der Waals surface area contributed by atoms with E-state index in [1.807, 2.05) is 0 Å². The van der Waals surface area contributed by atoms with Crippen molar-refractivity contribution in [3.05, 3.63) is 84.2 Å². The van der Waals surface area contributed by atoms with Gasteiger partial charge in [-0.3, -0.25) is 9.69 Å². The second kappa shape index (κ2) is 9.51. The number of carbonyl (C=O) groups excluding carboxylic acids is 1. The molecule has 0 aliphatic carbocycles. The van der Waals surface area contributed by atoms with Crippen molar-refractivity contribution in [2.75, 3.05) is 4.90 Å². The molecule has 0 N–H and O–H groups in total. The third-order valence-electron chi connectivity index (χ3n) is 5.10. The summed E-state index contributed by atoms with van der Waals surface area (Å²) in [6, 6.07) is 13.9. The van der Waals surface area contributed by atoms with Crippen LogP contribution in [0, 0.1) is 5.82 Å². The molecule has 3 aromatic rings. The fourth-order valence-corrected chi connectivity index (χ4v) is 3.67. The van der Waals surface area contributed by atoms with Crippen molar-refractivity contribution >= 4 is 23.0 Å². The quantitative estimate of drug-likeness (QED) is 0.351. The maximum absolute atomic E-state index is 13.5. The Balaban J connectivity index is 1.65. The average Bonchev–Trinajstić information content (AvgIpc) is 3.10. The van der Waals surface area contributed by atoms with Crippen LogP contribution >= 0.6 is 0 Å². The summed E-state index contributed by atoms with van der Waals surface area (Å²) in [6.07, 6.45) is -9.70. The van der Waals surface area contributed by atoms with E-state index in [9.17, 15) is 35.5 Å². The molecule has 0 bridgehead atoms. The number of amides is 1. The highest BCUT2D eigenvalue weighted by Crippen LogP contribution is 2.38. The van der Waals surface area contributed by atoms with E-state index in [4.69, 9.17) is 0 Å². The summed E-state index contributed by atoms with van der Waals surface area (Å²) >= 11 is 0. The van der Waals surface area contributed by atoms with Crippen LogP contribution < -0.4 is 14.4 Å². The van der Waals surface area contributed by atoms with Crippen LogP contribution in [-0.2, 0) is 4.79 Å². The zero-order valence-corrected chi connectivity index (χ0v) is 18.0. The summed E-state index contributed by atoms with van der Waals surface area (Å²) in [4.78, 5) is 18.8. The molecule has 0 spiro atoms. The van der Waals surface area contributed by atoms with Gasteiger partial charge >= 0.3 is 12.7 Å². The van der Waals surface area contributed by atoms with Crippen molar-refractivity contribution in [3.63, 3.8) is 0 Å². The van der Waals surface area contributed by atoms with Crippen LogP contribution in [0.15, 0.2) is 77.8 Å². The fraction of sp³-hybridized carbons (Fsp3) is 0.167. The second-order valence-corrected chi connectivity index (χ2v) is 7.59. The molecule has 1 heterocycles. The molecular weight excluding hydrogens is 497 g/mol. The van der Waals surface area contributed by atoms with Crippen molar-refractivity contribution < 1.29 is 45.0 Å². The number of aliphatic imine (C=N–C) groups is 1. The van der Waals surface area contributed by atoms with Crippen LogP contribution in [0.1, 0.15) is 18.0 Å². The summed E-state index contributed by atoms with van der Waals surface area (Å²) in [7, 11) is 0. The molecule has 1 amide bonds. The molecule has 0 aromatic heterocycles. The van der Waals surface area contributed by atoms with Gasteiger partial charge in [0.1, 0.15) is 23.0 Å². The molecule has 3 aromatic carbocycles. The molecule has 12 heteroatoms. The number of alkyl halides is 6. The van der Waals surface area contributed by atoms with Gasteiger partial charge in [0.05, 0.1) is 11.7 Å². The molecule has 1 unspecified atom stereocenters. The summed E-state index contributed by atoms with van der Waals surface area (Å²) in [5.74, 6) is -2.02. The van der Waals surface area contributed by atoms with E-state index in [1.165, 1.54) is 53.4 Å². The smallest absolute Gasteiger partial charge is 0.406 e. The van der Waals surface area contributed by atoms with Gasteiger partial charge in [-0.2, -0.15) is 0 Å². The summed E-state index contributed by atoms with van der Waals surface area (Å²) in [5.41, 5.74) is 1.01. The fourth-order valence-electron chi connectivity index (χ4n) is 3.67. The molecule has 5 nitrogen and oxygen atoms in total. The first-order valence-corrected chi connectivity index (χ1v) is 10.3. The highest BCUT2D eigenvalue weighted by Gasteiger charge is 2.39. The van der Waals surface area contributed by atoms with Crippen molar-refractivity contribution in [1.82, 2.24) is 0 Å². The van der Waals surface area contributed by atoms with Crippen LogP contribution in [-0.4, -0.2) is 24.3 Å². The molecule has 0 saturated carbocycles. The van der Waals surface area contributed by atoms with E-state index < -0.39 is 42.0 Å². The molecule has 0 radical (unpaired) electrons. The highest BCUT2D eigenvalue weighted by molar-refractivity contribution is 6.46. The number of hydrogen-bond donors (Lipinski definition) is 0. The lowest BCUT2D eigenvalue weighted by molar-refractivity contribution is -0.275. The molecule has 188 valence electrons. The topological polar surface area (TPSA) is 51.1 Å². The Kier molecular flexibility index (Phi) is 6.61. The van der Waals surface area contributed by atoms with Crippen molar-refractivity contribution in [2.24, 2.45) is 4.99 Å². The summed E-state index contributed by atoms with van der Waals surface area (Å²) < 4.78 is 95.7. The Labute approximate surface area is 199 Å². The molecule has 36 heavy (non-hydrogen) atoms. The van der Waals surface area contributed by atoms with Crippen LogP contribution in [0.2, 0.25) is 0 Å². The van der Waals surface area contributed by atoms with E-state index in [0.29, 0.717) is 5.56 Å². The van der Waals surface area contributed by atoms with Gasteiger partial charge in [-0.15, -0.1) is 26.3 Å². The predicted octanol–water partition coefficient (Wildman–Crippen LogP) is 6.87. The first-order valence-electron chi connectivity index (χ1n) is 10.3. The lowest BCUT2D eigenvalue weighted by Crippen LogP contribution is -2.29. The van der Waals surface area contributed by atoms with Gasteiger partial charge in [-0.25, -0.2) is 9.38 Å². The third-order valence-corrected chi connectivity index (χ3v) is 5.10. The lowest BCUT2D eigenvalue weighted by atomic mass is 10.0. The molecule has 1 aliphatic heterocycles. The van der Waals surface area contributed by atoms with Crippen LogP contribution in [0.3, 0.4) is 0 Å². The number of benzene rings is 3. The van der Waals surface area contributed by atoms with Gasteiger partial charge in [0.2, 0.25) is 0 Å². The monoisotopic (exact) mass is 512 g/mol. The maximum atomic E-state index is 13.5. The zero-order chi connectivity index (χ0) is 26.1. The number of hydrogen-bond acceptors (Lipinski definition) is 4. The number of rotatable bonds is 5. The minimum atomic E-state index is -4.89. The largest absolute Gasteiger partial charge is 0.573 e. The Morgan fingerprint density at radius 2 is 1.25 bits per heavy atom. The van der Waals surface area contributed by atoms with Gasteiger partial charge in [-0.1, -0.05) is 12.1 Å². The molecule has 1 aliphatic rings. The SMILES string of the molecule is O=C1C(=Nc2ccc(OC(F)(F)F)cc2)CC(c2ccc(F)cc2)N1c1ccc(OC(F)(F)F)cc1. The predicted molar refractivity (Wildman–Crippen MR) is 115 cm³/mol. The van der Waals surface area contributed by atoms with Gasteiger partial charge in [0.25, 0.3) is 5.91 Å². The Hall–Kier alpha value is -4.09. The van der Waals surface area contributed by atoms with Crippen LogP contribution in [0.5, 0.6) is 11.5 Å². The minimum absolute atomic E-state index is 0.0458. The Bertz CT molecular complexity index is 1250. The van der Waals surface area contributed by atoms with E-state index in [0.717, 1.165) is 24.3 Å². The number of carbonyl (C=O) groups is 1. The number of ether oxygens (including phenoxy) is 2. The van der Waals surface area contributed by atoms with Crippen LogP contribution in [0.4, 0.5) is 42.1 Å². The Morgan fingerprint density at radius 3 is 1.75 bits per heavy atom. The van der Waals surface area contributed by atoms with Crippen molar-refractivity contribution in [1.29, 1.82) is 0 Å². The Morgan fingerprint density at radius 1 is 0.750 bits per heavy atom. The lowest BCUT2D eigenvalue weighted by Gasteiger charge is -2.25. The normalized spacial score (nSPS) is 17.5. The van der Waals surface area contributed by atoms with Gasteiger partial charge in [0, 0.05) is 12.1 Å². The molecule has 1 atom stereocenters. The van der Waals surface area contributed by atoms with E-state index in [2.05, 4.69) is 14.5 Å². The molecule has 1 fully saturated rings. The minimum Gasteiger partial charge on any atom is -0.406 e. The highest BCUT2D eigenvalue weighted by atomic mass is 19.4. The molecule has 4 rings (SSSR count).